The van der Waals surface area contributed by atoms with Gasteiger partial charge < -0.3 is 14.2 Å². The number of amides is 1. The summed E-state index contributed by atoms with van der Waals surface area (Å²) in [6.45, 7) is 6.41. The third kappa shape index (κ3) is 4.06. The molecule has 0 aliphatic carbocycles. The number of halogens is 1. The molecule has 0 fully saturated rings. The van der Waals surface area contributed by atoms with Crippen LogP contribution in [0.25, 0.3) is 0 Å². The molecule has 0 bridgehead atoms. The maximum absolute atomic E-state index is 12.4. The molecule has 5 nitrogen and oxygen atoms in total. The average molecular weight is 357 g/mol. The summed E-state index contributed by atoms with van der Waals surface area (Å²) >= 11 is 7.36. The summed E-state index contributed by atoms with van der Waals surface area (Å²) in [6.07, 6.45) is 0.712. The van der Waals surface area contributed by atoms with Crippen LogP contribution in [0.5, 0.6) is 5.75 Å². The molecule has 7 heteroatoms. The second-order valence-electron chi connectivity index (χ2n) is 5.66. The van der Waals surface area contributed by atoms with E-state index in [9.17, 15) is 4.79 Å². The van der Waals surface area contributed by atoms with Crippen molar-refractivity contribution >= 4 is 34.5 Å². The number of carbonyl (C=O) groups is 1. The fourth-order valence-corrected chi connectivity index (χ4v) is 3.37. The fraction of sp³-hybridized carbons (Fsp3) is 0.500. The number of methoxy groups -OCH3 is 1. The summed E-state index contributed by atoms with van der Waals surface area (Å²) in [5.41, 5.74) is 1.41. The van der Waals surface area contributed by atoms with Crippen molar-refractivity contribution < 1.29 is 14.1 Å². The van der Waals surface area contributed by atoms with Gasteiger partial charge in [0.15, 0.2) is 5.76 Å². The number of hydrogen-bond donors (Lipinski definition) is 0. The van der Waals surface area contributed by atoms with Gasteiger partial charge in [0.2, 0.25) is 5.91 Å². The van der Waals surface area contributed by atoms with Gasteiger partial charge in [0.05, 0.1) is 18.5 Å². The molecule has 0 N–H and O–H groups in total. The first-order valence-corrected chi connectivity index (χ1v) is 8.81. The summed E-state index contributed by atoms with van der Waals surface area (Å²) in [4.78, 5) is 15.0. The molecule has 2 aromatic heterocycles. The Hall–Kier alpha value is -1.53. The van der Waals surface area contributed by atoms with E-state index < -0.39 is 0 Å². The van der Waals surface area contributed by atoms with Crippen molar-refractivity contribution in [2.24, 2.45) is 5.92 Å². The number of thiophene rings is 1. The van der Waals surface area contributed by atoms with E-state index >= 15 is 0 Å². The molecular weight excluding hydrogens is 336 g/mol. The first-order valence-electron chi connectivity index (χ1n) is 7.39. The van der Waals surface area contributed by atoms with E-state index in [1.54, 1.807) is 23.3 Å². The van der Waals surface area contributed by atoms with Gasteiger partial charge in [-0.1, -0.05) is 19.0 Å². The van der Waals surface area contributed by atoms with Crippen LogP contribution >= 0.6 is 22.9 Å². The lowest BCUT2D eigenvalue weighted by atomic mass is 10.1. The van der Waals surface area contributed by atoms with Gasteiger partial charge in [-0.3, -0.25) is 4.79 Å². The Morgan fingerprint density at radius 1 is 1.52 bits per heavy atom. The predicted molar refractivity (Wildman–Crippen MR) is 92.6 cm³/mol. The molecule has 0 unspecified atom stereocenters. The van der Waals surface area contributed by atoms with Crippen molar-refractivity contribution in [2.75, 3.05) is 17.9 Å². The largest absolute Gasteiger partial charge is 0.496 e. The smallest absolute Gasteiger partial charge is 0.242 e. The summed E-state index contributed by atoms with van der Waals surface area (Å²) in [5.74, 6) is 1.59. The second kappa shape index (κ2) is 7.84. The first-order chi connectivity index (χ1) is 11.0. The maximum atomic E-state index is 12.4. The Bertz CT molecular complexity index is 666. The van der Waals surface area contributed by atoms with Crippen LogP contribution in [0.1, 0.15) is 30.2 Å². The van der Waals surface area contributed by atoms with Gasteiger partial charge in [0, 0.05) is 6.42 Å². The minimum Gasteiger partial charge on any atom is -0.496 e. The quantitative estimate of drug-likeness (QED) is 0.703. The zero-order valence-corrected chi connectivity index (χ0v) is 15.3. The van der Waals surface area contributed by atoms with Crippen LogP contribution in [0.4, 0.5) is 5.69 Å². The number of hydrogen-bond acceptors (Lipinski definition) is 5. The summed E-state index contributed by atoms with van der Waals surface area (Å²) < 4.78 is 10.8. The zero-order valence-electron chi connectivity index (χ0n) is 13.8. The molecule has 0 saturated heterocycles. The number of ether oxygens (including phenoxy) is 1. The zero-order chi connectivity index (χ0) is 17.0. The van der Waals surface area contributed by atoms with E-state index in [0.29, 0.717) is 30.3 Å². The van der Waals surface area contributed by atoms with E-state index in [4.69, 9.17) is 20.9 Å². The highest BCUT2D eigenvalue weighted by atomic mass is 35.5. The van der Waals surface area contributed by atoms with E-state index in [1.165, 1.54) is 0 Å². The Kier molecular flexibility index (Phi) is 6.07. The monoisotopic (exact) mass is 356 g/mol. The number of anilines is 1. The van der Waals surface area contributed by atoms with Gasteiger partial charge in [-0.05, 0) is 24.3 Å². The highest BCUT2D eigenvalue weighted by molar-refractivity contribution is 7.10. The van der Waals surface area contributed by atoms with Crippen LogP contribution in [0.15, 0.2) is 16.0 Å². The van der Waals surface area contributed by atoms with Crippen LogP contribution in [0.3, 0.4) is 0 Å². The van der Waals surface area contributed by atoms with E-state index in [2.05, 4.69) is 19.0 Å². The topological polar surface area (TPSA) is 55.6 Å². The van der Waals surface area contributed by atoms with E-state index in [0.717, 1.165) is 16.3 Å². The van der Waals surface area contributed by atoms with E-state index in [1.807, 2.05) is 18.4 Å². The average Bonchev–Trinajstić information content (AvgIpc) is 3.10. The van der Waals surface area contributed by atoms with Crippen molar-refractivity contribution in [3.05, 3.63) is 27.8 Å². The number of carbonyl (C=O) groups excluding carboxylic acids is 1. The van der Waals surface area contributed by atoms with Gasteiger partial charge >= 0.3 is 0 Å². The molecule has 0 saturated carbocycles. The molecule has 0 atom stereocenters. The third-order valence-electron chi connectivity index (χ3n) is 3.40. The van der Waals surface area contributed by atoms with Crippen molar-refractivity contribution in [1.29, 1.82) is 0 Å². The van der Waals surface area contributed by atoms with Crippen molar-refractivity contribution in [1.82, 2.24) is 5.16 Å². The number of rotatable bonds is 7. The first kappa shape index (κ1) is 17.8. The lowest BCUT2D eigenvalue weighted by Crippen LogP contribution is -2.32. The molecule has 126 valence electrons. The van der Waals surface area contributed by atoms with Gasteiger partial charge in [-0.15, -0.1) is 22.9 Å². The lowest BCUT2D eigenvalue weighted by molar-refractivity contribution is -0.116. The van der Waals surface area contributed by atoms with Gasteiger partial charge in [-0.25, -0.2) is 0 Å². The molecular formula is C16H21ClN2O3S. The van der Waals surface area contributed by atoms with Gasteiger partial charge in [0.25, 0.3) is 0 Å². The van der Waals surface area contributed by atoms with Gasteiger partial charge in [0.1, 0.15) is 23.0 Å². The Morgan fingerprint density at radius 2 is 2.26 bits per heavy atom. The normalized spacial score (nSPS) is 11.0. The summed E-state index contributed by atoms with van der Waals surface area (Å²) in [6, 6.07) is 1.89. The predicted octanol–water partition coefficient (Wildman–Crippen LogP) is 4.02. The van der Waals surface area contributed by atoms with Crippen LogP contribution in [-0.4, -0.2) is 24.1 Å². The highest BCUT2D eigenvalue weighted by Gasteiger charge is 2.26. The Balaban J connectivity index is 2.40. The van der Waals surface area contributed by atoms with Crippen molar-refractivity contribution in [2.45, 2.75) is 33.7 Å². The lowest BCUT2D eigenvalue weighted by Gasteiger charge is -2.22. The molecule has 0 spiro atoms. The van der Waals surface area contributed by atoms with Crippen LogP contribution in [0.2, 0.25) is 0 Å². The fourth-order valence-electron chi connectivity index (χ4n) is 2.40. The summed E-state index contributed by atoms with van der Waals surface area (Å²) in [5, 5.41) is 5.98. The molecule has 1 amide bonds. The van der Waals surface area contributed by atoms with Gasteiger partial charge in [-0.2, -0.15) is 0 Å². The Labute approximate surface area is 145 Å². The van der Waals surface area contributed by atoms with Crippen molar-refractivity contribution in [3.63, 3.8) is 0 Å². The number of nitrogens with zero attached hydrogens (tertiary/aromatic N) is 2. The highest BCUT2D eigenvalue weighted by Crippen LogP contribution is 2.32. The van der Waals surface area contributed by atoms with Crippen LogP contribution in [-0.2, 0) is 17.8 Å². The molecule has 23 heavy (non-hydrogen) atoms. The van der Waals surface area contributed by atoms with Crippen LogP contribution < -0.4 is 9.64 Å². The summed E-state index contributed by atoms with van der Waals surface area (Å²) in [7, 11) is 1.62. The SMILES string of the molecule is COc1ccsc1CN(C(=O)CCl)c1c(C)noc1CC(C)C. The molecule has 2 aromatic rings. The minimum absolute atomic E-state index is 0.0978. The molecule has 0 aromatic carbocycles. The molecule has 0 radical (unpaired) electrons. The number of alkyl halides is 1. The number of aromatic nitrogens is 1. The molecule has 2 rings (SSSR count). The van der Waals surface area contributed by atoms with Crippen LogP contribution in [0, 0.1) is 12.8 Å². The Morgan fingerprint density at radius 3 is 2.87 bits per heavy atom. The molecule has 0 aliphatic rings. The second-order valence-corrected chi connectivity index (χ2v) is 6.93. The third-order valence-corrected chi connectivity index (χ3v) is 4.52. The number of aryl methyl sites for hydroxylation is 1. The molecule has 0 aliphatic heterocycles. The minimum atomic E-state index is -0.182. The van der Waals surface area contributed by atoms with Crippen molar-refractivity contribution in [3.8, 4) is 5.75 Å². The molecule has 2 heterocycles. The van der Waals surface area contributed by atoms with E-state index in [-0.39, 0.29) is 11.8 Å². The maximum Gasteiger partial charge on any atom is 0.242 e. The standard InChI is InChI=1S/C16H21ClN2O3S/c1-10(2)7-13-16(11(3)18-22-13)19(15(20)8-17)9-14-12(21-4)5-6-23-14/h5-6,10H,7-9H2,1-4H3.